The third-order valence-corrected chi connectivity index (χ3v) is 4.98. The van der Waals surface area contributed by atoms with E-state index in [1.807, 2.05) is 81.4 Å². The SMILES string of the molecule is CC(C)(C)N(Cc1ccccc1)C(=O)CN1C(=O)N[C@H](Cc2ccccc2)C1=O. The Labute approximate surface area is 171 Å². The van der Waals surface area contributed by atoms with Crippen LogP contribution in [-0.4, -0.2) is 45.8 Å². The molecule has 0 bridgehead atoms. The molecule has 2 aromatic rings. The van der Waals surface area contributed by atoms with E-state index in [-0.39, 0.29) is 18.4 Å². The van der Waals surface area contributed by atoms with Crippen molar-refractivity contribution in [3.8, 4) is 0 Å². The minimum atomic E-state index is -0.644. The largest absolute Gasteiger partial charge is 0.332 e. The quantitative estimate of drug-likeness (QED) is 0.767. The van der Waals surface area contributed by atoms with E-state index in [2.05, 4.69) is 5.32 Å². The highest BCUT2D eigenvalue weighted by molar-refractivity contribution is 6.06. The Hall–Kier alpha value is -3.15. The van der Waals surface area contributed by atoms with E-state index in [0.717, 1.165) is 16.0 Å². The average molecular weight is 393 g/mol. The molecular formula is C23H27N3O3. The normalized spacial score (nSPS) is 16.7. The van der Waals surface area contributed by atoms with Crippen molar-refractivity contribution in [1.29, 1.82) is 0 Å². The number of carbonyl (C=O) groups excluding carboxylic acids is 3. The van der Waals surface area contributed by atoms with Crippen molar-refractivity contribution in [3.63, 3.8) is 0 Å². The molecule has 0 aliphatic carbocycles. The molecule has 6 nitrogen and oxygen atoms in total. The van der Waals surface area contributed by atoms with Gasteiger partial charge in [0.15, 0.2) is 0 Å². The van der Waals surface area contributed by atoms with Gasteiger partial charge in [0.25, 0.3) is 5.91 Å². The monoisotopic (exact) mass is 393 g/mol. The van der Waals surface area contributed by atoms with Crippen LogP contribution in [0.1, 0.15) is 31.9 Å². The Kier molecular flexibility index (Phi) is 6.01. The van der Waals surface area contributed by atoms with Gasteiger partial charge in [0.1, 0.15) is 12.6 Å². The van der Waals surface area contributed by atoms with Crippen molar-refractivity contribution in [2.75, 3.05) is 6.54 Å². The summed E-state index contributed by atoms with van der Waals surface area (Å²) in [7, 11) is 0. The first kappa shape index (κ1) is 20.6. The molecule has 29 heavy (non-hydrogen) atoms. The van der Waals surface area contributed by atoms with Gasteiger partial charge in [-0.15, -0.1) is 0 Å². The van der Waals surface area contributed by atoms with Crippen LogP contribution < -0.4 is 5.32 Å². The molecule has 1 atom stereocenters. The summed E-state index contributed by atoms with van der Waals surface area (Å²) in [6, 6.07) is 18.0. The highest BCUT2D eigenvalue weighted by Gasteiger charge is 2.40. The van der Waals surface area contributed by atoms with Gasteiger partial charge < -0.3 is 10.2 Å². The van der Waals surface area contributed by atoms with Gasteiger partial charge in [-0.05, 0) is 31.9 Å². The zero-order valence-corrected chi connectivity index (χ0v) is 17.1. The number of urea groups is 1. The fourth-order valence-electron chi connectivity index (χ4n) is 3.40. The minimum absolute atomic E-state index is 0.259. The molecule has 1 N–H and O–H groups in total. The third-order valence-electron chi connectivity index (χ3n) is 4.98. The minimum Gasteiger partial charge on any atom is -0.332 e. The summed E-state index contributed by atoms with van der Waals surface area (Å²) in [6.45, 7) is 5.98. The Morgan fingerprint density at radius 1 is 0.966 bits per heavy atom. The second-order valence-electron chi connectivity index (χ2n) is 8.25. The fourth-order valence-corrected chi connectivity index (χ4v) is 3.40. The molecule has 2 aromatic carbocycles. The molecule has 1 fully saturated rings. The smallest absolute Gasteiger partial charge is 0.325 e. The zero-order valence-electron chi connectivity index (χ0n) is 17.1. The number of nitrogens with zero attached hydrogens (tertiary/aromatic N) is 2. The Balaban J connectivity index is 1.70. The topological polar surface area (TPSA) is 69.7 Å². The lowest BCUT2D eigenvalue weighted by molar-refractivity contribution is -0.141. The molecule has 3 rings (SSSR count). The predicted octanol–water partition coefficient (Wildman–Crippen LogP) is 2.98. The van der Waals surface area contributed by atoms with E-state index in [1.165, 1.54) is 0 Å². The molecule has 1 aliphatic heterocycles. The number of amides is 4. The molecule has 6 heteroatoms. The van der Waals surface area contributed by atoms with Crippen LogP contribution in [0.3, 0.4) is 0 Å². The molecule has 0 unspecified atom stereocenters. The number of rotatable bonds is 6. The molecule has 0 aromatic heterocycles. The summed E-state index contributed by atoms with van der Waals surface area (Å²) in [5, 5.41) is 2.70. The molecule has 0 spiro atoms. The first-order valence-corrected chi connectivity index (χ1v) is 9.76. The van der Waals surface area contributed by atoms with E-state index in [0.29, 0.717) is 13.0 Å². The molecule has 0 radical (unpaired) electrons. The fraction of sp³-hybridized carbons (Fsp3) is 0.348. The second kappa shape index (κ2) is 8.47. The molecule has 4 amide bonds. The summed E-state index contributed by atoms with van der Waals surface area (Å²) in [5.41, 5.74) is 1.50. The van der Waals surface area contributed by atoms with Gasteiger partial charge in [-0.25, -0.2) is 4.79 Å². The van der Waals surface area contributed by atoms with Crippen molar-refractivity contribution in [1.82, 2.24) is 15.1 Å². The van der Waals surface area contributed by atoms with Crippen LogP contribution in [0.2, 0.25) is 0 Å². The molecule has 0 saturated carbocycles. The molecule has 152 valence electrons. The number of carbonyl (C=O) groups is 3. The zero-order chi connectivity index (χ0) is 21.0. The average Bonchev–Trinajstić information content (AvgIpc) is 2.94. The number of nitrogens with one attached hydrogen (secondary N) is 1. The van der Waals surface area contributed by atoms with Crippen LogP contribution in [0.15, 0.2) is 60.7 Å². The second-order valence-corrected chi connectivity index (χ2v) is 8.25. The van der Waals surface area contributed by atoms with Gasteiger partial charge in [-0.2, -0.15) is 0 Å². The van der Waals surface area contributed by atoms with Gasteiger partial charge in [0.2, 0.25) is 5.91 Å². The van der Waals surface area contributed by atoms with Gasteiger partial charge >= 0.3 is 6.03 Å². The van der Waals surface area contributed by atoms with Crippen LogP contribution in [0.25, 0.3) is 0 Å². The van der Waals surface area contributed by atoms with E-state index in [1.54, 1.807) is 4.90 Å². The molecule has 1 aliphatic rings. The van der Waals surface area contributed by atoms with Crippen molar-refractivity contribution in [3.05, 3.63) is 71.8 Å². The Morgan fingerprint density at radius 3 is 2.07 bits per heavy atom. The van der Waals surface area contributed by atoms with Gasteiger partial charge in [0, 0.05) is 18.5 Å². The van der Waals surface area contributed by atoms with Crippen LogP contribution in [0.5, 0.6) is 0 Å². The summed E-state index contributed by atoms with van der Waals surface area (Å²) in [4.78, 5) is 40.9. The first-order valence-electron chi connectivity index (χ1n) is 9.76. The highest BCUT2D eigenvalue weighted by atomic mass is 16.2. The van der Waals surface area contributed by atoms with Crippen molar-refractivity contribution >= 4 is 17.8 Å². The lowest BCUT2D eigenvalue weighted by atomic mass is 10.0. The maximum absolute atomic E-state index is 13.1. The summed E-state index contributed by atoms with van der Waals surface area (Å²) in [6.07, 6.45) is 0.406. The molecular weight excluding hydrogens is 366 g/mol. The van der Waals surface area contributed by atoms with E-state index in [4.69, 9.17) is 0 Å². The predicted molar refractivity (Wildman–Crippen MR) is 111 cm³/mol. The Bertz CT molecular complexity index is 875. The van der Waals surface area contributed by atoms with Crippen LogP contribution in [-0.2, 0) is 22.6 Å². The summed E-state index contributed by atoms with van der Waals surface area (Å²) in [5.74, 6) is -0.619. The number of imide groups is 1. The number of benzene rings is 2. The van der Waals surface area contributed by atoms with Gasteiger partial charge in [-0.1, -0.05) is 60.7 Å². The summed E-state index contributed by atoms with van der Waals surface area (Å²) >= 11 is 0. The molecule has 1 saturated heterocycles. The van der Waals surface area contributed by atoms with Gasteiger partial charge in [0.05, 0.1) is 0 Å². The summed E-state index contributed by atoms with van der Waals surface area (Å²) < 4.78 is 0. The van der Waals surface area contributed by atoms with E-state index in [9.17, 15) is 14.4 Å². The number of hydrogen-bond donors (Lipinski definition) is 1. The van der Waals surface area contributed by atoms with Crippen LogP contribution >= 0.6 is 0 Å². The molecule has 1 heterocycles. The van der Waals surface area contributed by atoms with Crippen LogP contribution in [0, 0.1) is 0 Å². The van der Waals surface area contributed by atoms with Crippen molar-refractivity contribution < 1.29 is 14.4 Å². The Morgan fingerprint density at radius 2 is 1.52 bits per heavy atom. The third kappa shape index (κ3) is 5.02. The van der Waals surface area contributed by atoms with E-state index < -0.39 is 17.6 Å². The first-order chi connectivity index (χ1) is 13.8. The lowest BCUT2D eigenvalue weighted by Crippen LogP contribution is -2.50. The van der Waals surface area contributed by atoms with Crippen molar-refractivity contribution in [2.45, 2.75) is 45.3 Å². The lowest BCUT2D eigenvalue weighted by Gasteiger charge is -2.36. The maximum atomic E-state index is 13.1. The highest BCUT2D eigenvalue weighted by Crippen LogP contribution is 2.19. The van der Waals surface area contributed by atoms with Crippen molar-refractivity contribution in [2.24, 2.45) is 0 Å². The standard InChI is InChI=1S/C23H27N3O3/c1-23(2,3)26(15-18-12-8-5-9-13-18)20(27)16-25-21(28)19(24-22(25)29)14-17-10-6-4-7-11-17/h4-13,19H,14-16H2,1-3H3,(H,24,29)/t19-/m1/s1. The van der Waals surface area contributed by atoms with Crippen LogP contribution in [0.4, 0.5) is 4.79 Å². The number of hydrogen-bond acceptors (Lipinski definition) is 3. The van der Waals surface area contributed by atoms with Gasteiger partial charge in [-0.3, -0.25) is 14.5 Å². The maximum Gasteiger partial charge on any atom is 0.325 e. The van der Waals surface area contributed by atoms with E-state index >= 15 is 0 Å².